The first-order valence-electron chi connectivity index (χ1n) is 8.50. The van der Waals surface area contributed by atoms with Crippen LogP contribution in [0.15, 0.2) is 48.8 Å². The van der Waals surface area contributed by atoms with Crippen LogP contribution in [0, 0.1) is 5.41 Å². The number of hydrogen-bond donors (Lipinski definition) is 1. The number of urea groups is 1. The van der Waals surface area contributed by atoms with Gasteiger partial charge in [-0.2, -0.15) is 0 Å². The minimum Gasteiger partial charge on any atom is -0.337 e. The number of aromatic nitrogens is 1. The first-order valence-corrected chi connectivity index (χ1v) is 8.50. The molecule has 2 amide bonds. The van der Waals surface area contributed by atoms with Crippen LogP contribution in [-0.4, -0.2) is 36.1 Å². The molecule has 0 fully saturated rings. The van der Waals surface area contributed by atoms with E-state index in [1.54, 1.807) is 17.3 Å². The Labute approximate surface area is 143 Å². The number of fused-ring (bicyclic) bond motifs is 1. The molecule has 0 atom stereocenters. The van der Waals surface area contributed by atoms with Crippen LogP contribution < -0.4 is 5.32 Å². The average Bonchev–Trinajstić information content (AvgIpc) is 2.95. The third-order valence-corrected chi connectivity index (χ3v) is 4.85. The fourth-order valence-corrected chi connectivity index (χ4v) is 3.38. The van der Waals surface area contributed by atoms with Gasteiger partial charge < -0.3 is 10.2 Å². The Morgan fingerprint density at radius 1 is 1.17 bits per heavy atom. The Kier molecular flexibility index (Phi) is 4.84. The van der Waals surface area contributed by atoms with Crippen LogP contribution in [0.3, 0.4) is 0 Å². The predicted octanol–water partition coefficient (Wildman–Crippen LogP) is 3.07. The van der Waals surface area contributed by atoms with E-state index in [9.17, 15) is 4.79 Å². The number of nitrogens with one attached hydrogen (secondary N) is 1. The van der Waals surface area contributed by atoms with Crippen molar-refractivity contribution in [2.45, 2.75) is 26.2 Å². The Balaban J connectivity index is 1.47. The largest absolute Gasteiger partial charge is 0.337 e. The number of carbonyl (C=O) groups excluding carboxylic acids is 1. The third kappa shape index (κ3) is 3.94. The molecule has 1 aromatic heterocycles. The fraction of sp³-hybridized carbons (Fsp3) is 0.400. The van der Waals surface area contributed by atoms with Crippen LogP contribution in [0.5, 0.6) is 0 Å². The lowest BCUT2D eigenvalue weighted by Crippen LogP contribution is -2.43. The molecule has 4 nitrogen and oxygen atoms in total. The number of hydrogen-bond acceptors (Lipinski definition) is 2. The molecule has 1 heterocycles. The molecule has 1 N–H and O–H groups in total. The first-order chi connectivity index (χ1) is 11.6. The summed E-state index contributed by atoms with van der Waals surface area (Å²) in [6.07, 6.45) is 6.48. The van der Waals surface area contributed by atoms with Crippen molar-refractivity contribution in [2.24, 2.45) is 5.41 Å². The summed E-state index contributed by atoms with van der Waals surface area (Å²) in [7, 11) is 1.85. The maximum absolute atomic E-state index is 12.3. The van der Waals surface area contributed by atoms with Crippen LogP contribution >= 0.6 is 0 Å². The van der Waals surface area contributed by atoms with Gasteiger partial charge in [-0.05, 0) is 53.5 Å². The molecule has 4 heteroatoms. The quantitative estimate of drug-likeness (QED) is 0.919. The lowest BCUT2D eigenvalue weighted by Gasteiger charge is -2.26. The van der Waals surface area contributed by atoms with Crippen LogP contribution in [0.25, 0.3) is 0 Å². The number of amides is 2. The highest BCUT2D eigenvalue weighted by atomic mass is 16.2. The Hall–Kier alpha value is -2.36. The molecule has 0 bridgehead atoms. The zero-order valence-corrected chi connectivity index (χ0v) is 14.5. The topological polar surface area (TPSA) is 45.2 Å². The Morgan fingerprint density at radius 3 is 2.42 bits per heavy atom. The highest BCUT2D eigenvalue weighted by molar-refractivity contribution is 5.73. The van der Waals surface area contributed by atoms with Crippen LogP contribution in [0.4, 0.5) is 4.79 Å². The lowest BCUT2D eigenvalue weighted by molar-refractivity contribution is 0.201. The summed E-state index contributed by atoms with van der Waals surface area (Å²) in [5.74, 6) is 0. The normalized spacial score (nSPS) is 14.9. The molecule has 0 spiro atoms. The van der Waals surface area contributed by atoms with E-state index in [4.69, 9.17) is 0 Å². The van der Waals surface area contributed by atoms with Crippen molar-refractivity contribution in [1.82, 2.24) is 15.2 Å². The monoisotopic (exact) mass is 323 g/mol. The van der Waals surface area contributed by atoms with Crippen molar-refractivity contribution in [3.63, 3.8) is 0 Å². The number of benzene rings is 1. The minimum absolute atomic E-state index is 0.00115. The summed E-state index contributed by atoms with van der Waals surface area (Å²) in [6, 6.07) is 12.6. The molecule has 1 aromatic carbocycles. The van der Waals surface area contributed by atoms with Gasteiger partial charge in [0.25, 0.3) is 0 Å². The number of rotatable bonds is 5. The van der Waals surface area contributed by atoms with E-state index in [1.165, 1.54) is 16.7 Å². The van der Waals surface area contributed by atoms with E-state index in [1.807, 2.05) is 19.2 Å². The zero-order chi connectivity index (χ0) is 17.0. The fourth-order valence-electron chi connectivity index (χ4n) is 3.38. The van der Waals surface area contributed by atoms with Gasteiger partial charge in [-0.1, -0.05) is 31.2 Å². The number of nitrogens with zero attached hydrogens (tertiary/aromatic N) is 2. The summed E-state index contributed by atoms with van der Waals surface area (Å²) in [5, 5.41) is 3.11. The van der Waals surface area contributed by atoms with Gasteiger partial charge >= 0.3 is 6.03 Å². The highest BCUT2D eigenvalue weighted by Gasteiger charge is 2.33. The third-order valence-electron chi connectivity index (χ3n) is 4.85. The van der Waals surface area contributed by atoms with Crippen molar-refractivity contribution in [2.75, 3.05) is 20.1 Å². The molecular weight excluding hydrogens is 298 g/mol. The predicted molar refractivity (Wildman–Crippen MR) is 95.9 cm³/mol. The van der Waals surface area contributed by atoms with Crippen LogP contribution in [-0.2, 0) is 19.3 Å². The molecule has 1 aliphatic carbocycles. The molecule has 1 aliphatic rings. The van der Waals surface area contributed by atoms with Gasteiger partial charge in [-0.15, -0.1) is 0 Å². The number of carbonyl (C=O) groups is 1. The van der Waals surface area contributed by atoms with Gasteiger partial charge in [-0.3, -0.25) is 4.98 Å². The number of likely N-dealkylation sites (N-methyl/N-ethyl adjacent to an activating group) is 1. The Bertz CT molecular complexity index is 674. The molecule has 0 aliphatic heterocycles. The van der Waals surface area contributed by atoms with E-state index in [0.717, 1.165) is 19.3 Å². The number of pyridine rings is 1. The standard InChI is InChI=1S/C20H25N3O/c1-20(13-17-5-3-4-6-18(17)14-20)15-22-19(24)23(2)12-9-16-7-10-21-11-8-16/h3-8,10-11H,9,12-15H2,1-2H3,(H,22,24). The molecule has 24 heavy (non-hydrogen) atoms. The first kappa shape index (κ1) is 16.5. The van der Waals surface area contributed by atoms with E-state index in [-0.39, 0.29) is 11.4 Å². The molecule has 126 valence electrons. The van der Waals surface area contributed by atoms with Crippen molar-refractivity contribution in [3.05, 3.63) is 65.5 Å². The molecule has 3 rings (SSSR count). The van der Waals surface area contributed by atoms with Crippen molar-refractivity contribution >= 4 is 6.03 Å². The molecule has 2 aromatic rings. The smallest absolute Gasteiger partial charge is 0.317 e. The highest BCUT2D eigenvalue weighted by Crippen LogP contribution is 2.35. The van der Waals surface area contributed by atoms with Gasteiger partial charge in [0.1, 0.15) is 0 Å². The molecular formula is C20H25N3O. The van der Waals surface area contributed by atoms with Crippen LogP contribution in [0.1, 0.15) is 23.6 Å². The van der Waals surface area contributed by atoms with Gasteiger partial charge in [0.05, 0.1) is 0 Å². The van der Waals surface area contributed by atoms with E-state index in [2.05, 4.69) is 41.5 Å². The molecule has 0 unspecified atom stereocenters. The van der Waals surface area contributed by atoms with Crippen molar-refractivity contribution in [3.8, 4) is 0 Å². The van der Waals surface area contributed by atoms with Crippen molar-refractivity contribution < 1.29 is 4.79 Å². The Morgan fingerprint density at radius 2 is 1.79 bits per heavy atom. The minimum atomic E-state index is 0.00115. The summed E-state index contributed by atoms with van der Waals surface area (Å²) < 4.78 is 0. The second-order valence-corrected chi connectivity index (χ2v) is 7.12. The van der Waals surface area contributed by atoms with Gasteiger partial charge in [-0.25, -0.2) is 4.79 Å². The summed E-state index contributed by atoms with van der Waals surface area (Å²) >= 11 is 0. The van der Waals surface area contributed by atoms with E-state index < -0.39 is 0 Å². The summed E-state index contributed by atoms with van der Waals surface area (Å²) in [4.78, 5) is 18.1. The zero-order valence-electron chi connectivity index (χ0n) is 14.5. The van der Waals surface area contributed by atoms with E-state index >= 15 is 0 Å². The van der Waals surface area contributed by atoms with Gasteiger partial charge in [0.15, 0.2) is 0 Å². The van der Waals surface area contributed by atoms with Crippen LogP contribution in [0.2, 0.25) is 0 Å². The maximum atomic E-state index is 12.3. The SMILES string of the molecule is CN(CCc1ccncc1)C(=O)NCC1(C)Cc2ccccc2C1. The van der Waals surface area contributed by atoms with Crippen molar-refractivity contribution in [1.29, 1.82) is 0 Å². The molecule has 0 saturated carbocycles. The summed E-state index contributed by atoms with van der Waals surface area (Å²) in [6.45, 7) is 3.66. The maximum Gasteiger partial charge on any atom is 0.317 e. The van der Waals surface area contributed by atoms with Gasteiger partial charge in [0.2, 0.25) is 0 Å². The second-order valence-electron chi connectivity index (χ2n) is 7.12. The van der Waals surface area contributed by atoms with E-state index in [0.29, 0.717) is 13.1 Å². The summed E-state index contributed by atoms with van der Waals surface area (Å²) in [5.41, 5.74) is 4.15. The second kappa shape index (κ2) is 7.04. The molecule has 0 radical (unpaired) electrons. The van der Waals surface area contributed by atoms with Gasteiger partial charge in [0, 0.05) is 32.5 Å². The lowest BCUT2D eigenvalue weighted by atomic mass is 9.87. The average molecular weight is 323 g/mol. The molecule has 0 saturated heterocycles.